The highest BCUT2D eigenvalue weighted by atomic mass is 35.5. The number of thiazole rings is 1. The molecule has 3 aliphatic heterocycles. The van der Waals surface area contributed by atoms with Crippen LogP contribution in [-0.4, -0.2) is 51.3 Å². The second-order valence-electron chi connectivity index (χ2n) is 9.69. The molecule has 2 fully saturated rings. The average Bonchev–Trinajstić information content (AvgIpc) is 3.48. The van der Waals surface area contributed by atoms with Gasteiger partial charge in [0.2, 0.25) is 5.91 Å². The van der Waals surface area contributed by atoms with Gasteiger partial charge in [-0.25, -0.2) is 13.8 Å². The Morgan fingerprint density at radius 1 is 1.27 bits per heavy atom. The van der Waals surface area contributed by atoms with Gasteiger partial charge < -0.3 is 15.7 Å². The number of anilines is 2. The average molecular weight is 567 g/mol. The normalized spacial score (nSPS) is 29.9. The number of rotatable bonds is 3. The van der Waals surface area contributed by atoms with E-state index in [1.165, 1.54) is 30.4 Å². The smallest absolute Gasteiger partial charge is 0.313 e. The molecule has 3 N–H and O–H groups in total. The Hall–Kier alpha value is -2.86. The maximum absolute atomic E-state index is 14.9. The Morgan fingerprint density at radius 3 is 2.70 bits per heavy atom. The number of carboxylic acid groups (broad SMARTS) is 1. The lowest BCUT2D eigenvalue weighted by Crippen LogP contribution is -2.60. The molecule has 1 spiro atoms. The van der Waals surface area contributed by atoms with E-state index in [0.717, 1.165) is 9.60 Å². The molecule has 4 heterocycles. The van der Waals surface area contributed by atoms with Crippen molar-refractivity contribution in [2.45, 2.75) is 30.8 Å². The standard InChI is InChI=1S/C24H18Cl2F2N4O4S/c1-22(20(35)36)16(18(33)31-21-29-13-4-2-3-5-15(13)37-21)14-8-23(27,28)9-32(14)24(22)11-6-10(25)7-12(26)17(11)30-19(24)34/h2-7,14,16H,8-9H2,1H3,(H,30,34)(H,35,36)(H,29,31,33)/t14?,16-,22?,24-/m1/s1. The third-order valence-corrected chi connectivity index (χ3v) is 9.23. The van der Waals surface area contributed by atoms with Crippen LogP contribution in [0, 0.1) is 11.3 Å². The van der Waals surface area contributed by atoms with E-state index in [2.05, 4.69) is 15.6 Å². The first-order valence-corrected chi connectivity index (χ1v) is 12.8. The molecule has 3 aliphatic rings. The second-order valence-corrected chi connectivity index (χ2v) is 11.6. The van der Waals surface area contributed by atoms with Gasteiger partial charge in [0, 0.05) is 23.0 Å². The summed E-state index contributed by atoms with van der Waals surface area (Å²) in [5.74, 6) is -7.97. The Bertz CT molecular complexity index is 1500. The summed E-state index contributed by atoms with van der Waals surface area (Å²) in [6.07, 6.45) is -0.799. The number of halogens is 4. The van der Waals surface area contributed by atoms with Crippen LogP contribution in [-0.2, 0) is 19.9 Å². The number of amides is 2. The Kier molecular flexibility index (Phi) is 5.18. The van der Waals surface area contributed by atoms with Crippen molar-refractivity contribution in [2.75, 3.05) is 17.2 Å². The highest BCUT2D eigenvalue weighted by Gasteiger charge is 2.80. The van der Waals surface area contributed by atoms with Gasteiger partial charge in [-0.15, -0.1) is 0 Å². The zero-order valence-corrected chi connectivity index (χ0v) is 21.3. The summed E-state index contributed by atoms with van der Waals surface area (Å²) < 4.78 is 30.6. The minimum atomic E-state index is -3.27. The van der Waals surface area contributed by atoms with Crippen molar-refractivity contribution >= 4 is 73.4 Å². The molecule has 13 heteroatoms. The van der Waals surface area contributed by atoms with Gasteiger partial charge in [0.1, 0.15) is 11.0 Å². The number of nitrogens with zero attached hydrogens (tertiary/aromatic N) is 2. The quantitative estimate of drug-likeness (QED) is 0.419. The largest absolute Gasteiger partial charge is 0.481 e. The van der Waals surface area contributed by atoms with Gasteiger partial charge in [0.15, 0.2) is 5.13 Å². The lowest BCUT2D eigenvalue weighted by Gasteiger charge is -2.42. The predicted octanol–water partition coefficient (Wildman–Crippen LogP) is 4.82. The number of carbonyl (C=O) groups excluding carboxylic acids is 2. The van der Waals surface area contributed by atoms with Crippen LogP contribution in [0.15, 0.2) is 36.4 Å². The Labute approximate surface area is 222 Å². The molecular weight excluding hydrogens is 549 g/mol. The number of carboxylic acids is 1. The first-order chi connectivity index (χ1) is 17.4. The lowest BCUT2D eigenvalue weighted by molar-refractivity contribution is -0.164. The highest BCUT2D eigenvalue weighted by molar-refractivity contribution is 7.22. The minimum absolute atomic E-state index is 0.0327. The summed E-state index contributed by atoms with van der Waals surface area (Å²) in [5.41, 5.74) is -3.57. The fourth-order valence-electron chi connectivity index (χ4n) is 6.37. The van der Waals surface area contributed by atoms with Crippen LogP contribution in [0.3, 0.4) is 0 Å². The zero-order chi connectivity index (χ0) is 26.5. The second kappa shape index (κ2) is 7.83. The van der Waals surface area contributed by atoms with Gasteiger partial charge in [-0.3, -0.25) is 19.3 Å². The number of alkyl halides is 2. The van der Waals surface area contributed by atoms with Gasteiger partial charge in [-0.1, -0.05) is 46.7 Å². The van der Waals surface area contributed by atoms with E-state index in [9.17, 15) is 28.3 Å². The summed E-state index contributed by atoms with van der Waals surface area (Å²) in [5, 5.41) is 16.2. The molecule has 2 saturated heterocycles. The van der Waals surface area contributed by atoms with E-state index in [1.54, 1.807) is 24.3 Å². The molecule has 1 aromatic heterocycles. The maximum Gasteiger partial charge on any atom is 0.313 e. The van der Waals surface area contributed by atoms with Crippen LogP contribution in [0.25, 0.3) is 10.2 Å². The number of aromatic nitrogens is 1. The molecule has 37 heavy (non-hydrogen) atoms. The molecule has 0 bridgehead atoms. The zero-order valence-electron chi connectivity index (χ0n) is 19.0. The van der Waals surface area contributed by atoms with Crippen LogP contribution >= 0.6 is 34.5 Å². The number of aliphatic carboxylic acids is 1. The first kappa shape index (κ1) is 24.5. The van der Waals surface area contributed by atoms with Crippen molar-refractivity contribution in [1.29, 1.82) is 0 Å². The molecule has 0 aliphatic carbocycles. The number of fused-ring (bicyclic) bond motifs is 5. The molecule has 2 amide bonds. The monoisotopic (exact) mass is 566 g/mol. The first-order valence-electron chi connectivity index (χ1n) is 11.3. The molecule has 192 valence electrons. The Balaban J connectivity index is 1.54. The molecule has 2 aromatic carbocycles. The van der Waals surface area contributed by atoms with Crippen molar-refractivity contribution in [3.05, 3.63) is 52.0 Å². The van der Waals surface area contributed by atoms with Crippen LogP contribution in [0.5, 0.6) is 0 Å². The SMILES string of the molecule is CC1(C(=O)O)[C@@H](C(=O)Nc2nc3ccccc3s2)C2CC(F)(F)CN2[C@]12C(=O)Nc1c(Cl)cc(Cl)cc12. The lowest BCUT2D eigenvalue weighted by atomic mass is 9.62. The molecule has 0 radical (unpaired) electrons. The topological polar surface area (TPSA) is 112 Å². The molecule has 8 nitrogen and oxygen atoms in total. The van der Waals surface area contributed by atoms with E-state index in [0.29, 0.717) is 5.52 Å². The molecule has 4 atom stereocenters. The fourth-order valence-corrected chi connectivity index (χ4v) is 7.78. The van der Waals surface area contributed by atoms with Crippen LogP contribution < -0.4 is 10.6 Å². The van der Waals surface area contributed by atoms with Gasteiger partial charge in [-0.05, 0) is 31.2 Å². The van der Waals surface area contributed by atoms with E-state index in [4.69, 9.17) is 23.2 Å². The molecule has 6 rings (SSSR count). The van der Waals surface area contributed by atoms with Crippen molar-refractivity contribution in [1.82, 2.24) is 9.88 Å². The van der Waals surface area contributed by atoms with Gasteiger partial charge in [0.25, 0.3) is 11.8 Å². The van der Waals surface area contributed by atoms with E-state index in [-0.39, 0.29) is 26.4 Å². The van der Waals surface area contributed by atoms with Crippen molar-refractivity contribution in [3.8, 4) is 0 Å². The van der Waals surface area contributed by atoms with E-state index in [1.807, 2.05) is 0 Å². The number of nitrogens with one attached hydrogen (secondary N) is 2. The number of para-hydroxylation sites is 1. The van der Waals surface area contributed by atoms with Crippen LogP contribution in [0.1, 0.15) is 18.9 Å². The summed E-state index contributed by atoms with van der Waals surface area (Å²) in [6.45, 7) is 0.334. The Morgan fingerprint density at radius 2 is 2.00 bits per heavy atom. The third kappa shape index (κ3) is 3.14. The van der Waals surface area contributed by atoms with Gasteiger partial charge >= 0.3 is 5.97 Å². The van der Waals surface area contributed by atoms with Crippen LogP contribution in [0.4, 0.5) is 19.6 Å². The predicted molar refractivity (Wildman–Crippen MR) is 134 cm³/mol. The fraction of sp³-hybridized carbons (Fsp3) is 0.333. The highest BCUT2D eigenvalue weighted by Crippen LogP contribution is 2.66. The van der Waals surface area contributed by atoms with Crippen molar-refractivity contribution in [2.24, 2.45) is 11.3 Å². The molecular formula is C24H18Cl2F2N4O4S. The molecule has 0 saturated carbocycles. The third-order valence-electron chi connectivity index (χ3n) is 7.76. The van der Waals surface area contributed by atoms with Crippen molar-refractivity contribution < 1.29 is 28.3 Å². The van der Waals surface area contributed by atoms with Crippen molar-refractivity contribution in [3.63, 3.8) is 0 Å². The summed E-state index contributed by atoms with van der Waals surface area (Å²) in [4.78, 5) is 46.1. The van der Waals surface area contributed by atoms with E-state index >= 15 is 0 Å². The summed E-state index contributed by atoms with van der Waals surface area (Å²) in [6, 6.07) is 8.59. The number of hydrogen-bond donors (Lipinski definition) is 3. The molecule has 2 unspecified atom stereocenters. The minimum Gasteiger partial charge on any atom is -0.481 e. The van der Waals surface area contributed by atoms with E-state index < -0.39 is 59.6 Å². The van der Waals surface area contributed by atoms with Gasteiger partial charge in [0.05, 0.1) is 33.4 Å². The van der Waals surface area contributed by atoms with Gasteiger partial charge in [-0.2, -0.15) is 0 Å². The number of benzene rings is 2. The maximum atomic E-state index is 14.9. The number of hydrogen-bond acceptors (Lipinski definition) is 6. The molecule has 3 aromatic rings. The number of carbonyl (C=O) groups is 3. The summed E-state index contributed by atoms with van der Waals surface area (Å²) in [7, 11) is 0. The van der Waals surface area contributed by atoms with Crippen LogP contribution in [0.2, 0.25) is 10.0 Å². The summed E-state index contributed by atoms with van der Waals surface area (Å²) >= 11 is 13.7.